The first kappa shape index (κ1) is 13.5. The quantitative estimate of drug-likeness (QED) is 0.649. The molecule has 0 spiro atoms. The molecule has 0 aliphatic heterocycles. The van der Waals surface area contributed by atoms with Crippen LogP contribution >= 0.6 is 0 Å². The molecular weight excluding hydrogens is 264 g/mol. The number of aryl methyl sites for hydroxylation is 1. The third-order valence-corrected chi connectivity index (χ3v) is 3.40. The summed E-state index contributed by atoms with van der Waals surface area (Å²) in [6.45, 7) is 1.53. The molecule has 0 atom stereocenters. The lowest BCUT2D eigenvalue weighted by atomic mass is 10.3. The molecule has 2 aromatic carbocycles. The molecule has 0 unspecified atom stereocenters. The van der Waals surface area contributed by atoms with Crippen LogP contribution in [0.3, 0.4) is 0 Å². The summed E-state index contributed by atoms with van der Waals surface area (Å²) in [6, 6.07) is 15.9. The Hall–Kier alpha value is -2.49. The smallest absolute Gasteiger partial charge is 0.161 e. The predicted octanol–water partition coefficient (Wildman–Crippen LogP) is 3.51. The Morgan fingerprint density at radius 1 is 1.00 bits per heavy atom. The standard InChI is InChI=1S/C17H18N2O2/c1-20-16-9-4-5-10-17(16)21-12-6-11-19-13-18-14-7-2-3-8-15(14)19/h2-5,7-10,13H,6,11-12H2,1H3. The fourth-order valence-electron chi connectivity index (χ4n) is 2.34. The van der Waals surface area contributed by atoms with Crippen molar-refractivity contribution in [1.82, 2.24) is 9.55 Å². The number of nitrogens with zero attached hydrogens (tertiary/aromatic N) is 2. The molecule has 21 heavy (non-hydrogen) atoms. The molecule has 4 nitrogen and oxygen atoms in total. The van der Waals surface area contributed by atoms with E-state index in [0.29, 0.717) is 6.61 Å². The largest absolute Gasteiger partial charge is 0.493 e. The van der Waals surface area contributed by atoms with Crippen LogP contribution in [0.4, 0.5) is 0 Å². The second-order valence-corrected chi connectivity index (χ2v) is 4.78. The van der Waals surface area contributed by atoms with E-state index in [-0.39, 0.29) is 0 Å². The SMILES string of the molecule is COc1ccccc1OCCCn1cnc2ccccc21. The van der Waals surface area contributed by atoms with E-state index in [4.69, 9.17) is 9.47 Å². The zero-order chi connectivity index (χ0) is 14.5. The third-order valence-electron chi connectivity index (χ3n) is 3.40. The van der Waals surface area contributed by atoms with E-state index in [1.54, 1.807) is 7.11 Å². The lowest BCUT2D eigenvalue weighted by molar-refractivity contribution is 0.283. The lowest BCUT2D eigenvalue weighted by Gasteiger charge is -2.10. The van der Waals surface area contributed by atoms with Crippen LogP contribution in [0.2, 0.25) is 0 Å². The van der Waals surface area contributed by atoms with Gasteiger partial charge in [0.1, 0.15) is 0 Å². The van der Waals surface area contributed by atoms with Gasteiger partial charge in [0.05, 0.1) is 31.1 Å². The van der Waals surface area contributed by atoms with Crippen molar-refractivity contribution in [2.45, 2.75) is 13.0 Å². The van der Waals surface area contributed by atoms with E-state index in [9.17, 15) is 0 Å². The van der Waals surface area contributed by atoms with Crippen molar-refractivity contribution in [3.8, 4) is 11.5 Å². The molecule has 1 aromatic heterocycles. The van der Waals surface area contributed by atoms with E-state index in [1.165, 1.54) is 0 Å². The van der Waals surface area contributed by atoms with E-state index >= 15 is 0 Å². The Balaban J connectivity index is 1.57. The van der Waals surface area contributed by atoms with Crippen LogP contribution in [0.1, 0.15) is 6.42 Å². The van der Waals surface area contributed by atoms with Crippen molar-refractivity contribution in [3.05, 3.63) is 54.9 Å². The fraction of sp³-hybridized carbons (Fsp3) is 0.235. The first-order valence-electron chi connectivity index (χ1n) is 7.04. The summed E-state index contributed by atoms with van der Waals surface area (Å²) in [4.78, 5) is 4.39. The zero-order valence-corrected chi connectivity index (χ0v) is 12.0. The average Bonchev–Trinajstić information content (AvgIpc) is 2.95. The average molecular weight is 282 g/mol. The number of hydrogen-bond acceptors (Lipinski definition) is 3. The number of methoxy groups -OCH3 is 1. The van der Waals surface area contributed by atoms with Gasteiger partial charge in [-0.25, -0.2) is 4.98 Å². The van der Waals surface area contributed by atoms with Gasteiger partial charge in [0.15, 0.2) is 11.5 Å². The molecule has 0 N–H and O–H groups in total. The molecule has 0 aliphatic rings. The molecule has 0 radical (unpaired) electrons. The van der Waals surface area contributed by atoms with Gasteiger partial charge in [0.2, 0.25) is 0 Å². The van der Waals surface area contributed by atoms with Gasteiger partial charge in [0.25, 0.3) is 0 Å². The molecule has 1 heterocycles. The Morgan fingerprint density at radius 3 is 2.62 bits per heavy atom. The summed E-state index contributed by atoms with van der Waals surface area (Å²) in [6.07, 6.45) is 2.80. The van der Waals surface area contributed by atoms with Crippen molar-refractivity contribution in [1.29, 1.82) is 0 Å². The summed E-state index contributed by atoms with van der Waals surface area (Å²) in [5.74, 6) is 1.56. The van der Waals surface area contributed by atoms with Crippen LogP contribution in [0.25, 0.3) is 11.0 Å². The summed E-state index contributed by atoms with van der Waals surface area (Å²) in [7, 11) is 1.65. The lowest BCUT2D eigenvalue weighted by Crippen LogP contribution is -2.04. The Bertz CT molecular complexity index is 721. The normalized spacial score (nSPS) is 10.7. The minimum absolute atomic E-state index is 0.646. The number of ether oxygens (including phenoxy) is 2. The Kier molecular flexibility index (Phi) is 4.05. The number of benzene rings is 2. The molecule has 0 saturated heterocycles. The van der Waals surface area contributed by atoms with Crippen molar-refractivity contribution in [2.75, 3.05) is 13.7 Å². The molecule has 0 amide bonds. The topological polar surface area (TPSA) is 36.3 Å². The number of hydrogen-bond donors (Lipinski definition) is 0. The van der Waals surface area contributed by atoms with E-state index < -0.39 is 0 Å². The second kappa shape index (κ2) is 6.31. The van der Waals surface area contributed by atoms with E-state index in [0.717, 1.165) is 35.5 Å². The molecule has 0 bridgehead atoms. The summed E-state index contributed by atoms with van der Waals surface area (Å²) >= 11 is 0. The minimum Gasteiger partial charge on any atom is -0.493 e. The van der Waals surface area contributed by atoms with Gasteiger partial charge in [-0.1, -0.05) is 24.3 Å². The van der Waals surface area contributed by atoms with E-state index in [2.05, 4.69) is 15.6 Å². The number of aromatic nitrogens is 2. The van der Waals surface area contributed by atoms with Crippen LogP contribution in [-0.2, 0) is 6.54 Å². The van der Waals surface area contributed by atoms with Gasteiger partial charge in [-0.05, 0) is 30.7 Å². The summed E-state index contributed by atoms with van der Waals surface area (Å²) in [5.41, 5.74) is 2.19. The highest BCUT2D eigenvalue weighted by molar-refractivity contribution is 5.74. The highest BCUT2D eigenvalue weighted by atomic mass is 16.5. The van der Waals surface area contributed by atoms with Gasteiger partial charge in [0, 0.05) is 6.54 Å². The molecule has 0 saturated carbocycles. The maximum Gasteiger partial charge on any atom is 0.161 e. The van der Waals surface area contributed by atoms with Crippen LogP contribution in [0.5, 0.6) is 11.5 Å². The van der Waals surface area contributed by atoms with E-state index in [1.807, 2.05) is 48.8 Å². The van der Waals surface area contributed by atoms with Gasteiger partial charge in [-0.15, -0.1) is 0 Å². The molecule has 3 aromatic rings. The van der Waals surface area contributed by atoms with Gasteiger partial charge in [-0.3, -0.25) is 0 Å². The van der Waals surface area contributed by atoms with Crippen LogP contribution < -0.4 is 9.47 Å². The first-order valence-corrected chi connectivity index (χ1v) is 7.04. The van der Waals surface area contributed by atoms with Crippen LogP contribution in [0.15, 0.2) is 54.9 Å². The van der Waals surface area contributed by atoms with Crippen molar-refractivity contribution >= 4 is 11.0 Å². The number of para-hydroxylation sites is 4. The highest BCUT2D eigenvalue weighted by Crippen LogP contribution is 2.25. The van der Waals surface area contributed by atoms with Crippen LogP contribution in [-0.4, -0.2) is 23.3 Å². The predicted molar refractivity (Wildman–Crippen MR) is 82.8 cm³/mol. The zero-order valence-electron chi connectivity index (χ0n) is 12.0. The Labute approximate surface area is 123 Å². The second-order valence-electron chi connectivity index (χ2n) is 4.78. The maximum absolute atomic E-state index is 5.78. The first-order chi connectivity index (χ1) is 10.4. The van der Waals surface area contributed by atoms with Crippen molar-refractivity contribution in [3.63, 3.8) is 0 Å². The van der Waals surface area contributed by atoms with Crippen LogP contribution in [0, 0.1) is 0 Å². The van der Waals surface area contributed by atoms with Gasteiger partial charge in [-0.2, -0.15) is 0 Å². The molecule has 108 valence electrons. The molecule has 4 heteroatoms. The molecular formula is C17H18N2O2. The molecule has 0 fully saturated rings. The maximum atomic E-state index is 5.78. The number of fused-ring (bicyclic) bond motifs is 1. The van der Waals surface area contributed by atoms with Gasteiger partial charge >= 0.3 is 0 Å². The molecule has 3 rings (SSSR count). The van der Waals surface area contributed by atoms with Crippen molar-refractivity contribution < 1.29 is 9.47 Å². The van der Waals surface area contributed by atoms with Gasteiger partial charge < -0.3 is 14.0 Å². The van der Waals surface area contributed by atoms with Crippen molar-refractivity contribution in [2.24, 2.45) is 0 Å². The number of rotatable bonds is 6. The third kappa shape index (κ3) is 2.99. The fourth-order valence-corrected chi connectivity index (χ4v) is 2.34. The number of imidazole rings is 1. The monoisotopic (exact) mass is 282 g/mol. The summed E-state index contributed by atoms with van der Waals surface area (Å²) < 4.78 is 13.2. The highest BCUT2D eigenvalue weighted by Gasteiger charge is 2.03. The minimum atomic E-state index is 0.646. The molecule has 0 aliphatic carbocycles. The Morgan fingerprint density at radius 2 is 1.76 bits per heavy atom. The summed E-state index contributed by atoms with van der Waals surface area (Å²) in [5, 5.41) is 0.